The minimum atomic E-state index is -0.498. The van der Waals surface area contributed by atoms with Crippen molar-refractivity contribution in [3.05, 3.63) is 77.3 Å². The van der Waals surface area contributed by atoms with Crippen LogP contribution in [0.1, 0.15) is 50.8 Å². The van der Waals surface area contributed by atoms with Crippen molar-refractivity contribution in [2.75, 3.05) is 18.5 Å². The molecule has 34 heavy (non-hydrogen) atoms. The van der Waals surface area contributed by atoms with Crippen LogP contribution in [0, 0.1) is 0 Å². The first-order chi connectivity index (χ1) is 16.7. The largest absolute Gasteiger partial charge is 0.490 e. The lowest BCUT2D eigenvalue weighted by molar-refractivity contribution is -0.139. The van der Waals surface area contributed by atoms with E-state index in [1.54, 1.807) is 11.6 Å². The van der Waals surface area contributed by atoms with E-state index < -0.39 is 6.04 Å². The molecule has 4 rings (SSSR count). The molecule has 0 spiro atoms. The number of aromatic nitrogens is 3. The summed E-state index contributed by atoms with van der Waals surface area (Å²) < 4.78 is 19.1. The molecule has 0 radical (unpaired) electrons. The zero-order chi connectivity index (χ0) is 23.9. The Morgan fingerprint density at radius 2 is 1.85 bits per heavy atom. The molecule has 1 atom stereocenters. The fourth-order valence-corrected chi connectivity index (χ4v) is 4.03. The standard InChI is InChI=1S/C26H30N4O4/c1-4-10-20-23(25(31)33-6-3)24(30-26(29-20)27-17-28-30)19-13-14-21(22(15-19)32-5-2)34-16-18-11-8-7-9-12-18/h7-9,11-15,17,24H,4-6,10,16H2,1-3H3,(H,27,28,29)/t24-/m0/s1. The third-order valence-electron chi connectivity index (χ3n) is 5.49. The number of carbonyl (C=O) groups excluding carboxylic acids is 1. The predicted octanol–water partition coefficient (Wildman–Crippen LogP) is 4.89. The molecular weight excluding hydrogens is 432 g/mol. The Bertz CT molecular complexity index is 1160. The van der Waals surface area contributed by atoms with Gasteiger partial charge in [0.05, 0.1) is 18.8 Å². The molecule has 3 aromatic rings. The first kappa shape index (κ1) is 23.4. The van der Waals surface area contributed by atoms with Gasteiger partial charge in [0.25, 0.3) is 0 Å². The lowest BCUT2D eigenvalue weighted by atomic mass is 9.93. The van der Waals surface area contributed by atoms with Gasteiger partial charge in [-0.2, -0.15) is 10.1 Å². The van der Waals surface area contributed by atoms with Crippen LogP contribution in [-0.2, 0) is 16.1 Å². The summed E-state index contributed by atoms with van der Waals surface area (Å²) >= 11 is 0. The van der Waals surface area contributed by atoms with Gasteiger partial charge in [-0.1, -0.05) is 49.7 Å². The summed E-state index contributed by atoms with van der Waals surface area (Å²) in [5.41, 5.74) is 3.23. The molecule has 8 nitrogen and oxygen atoms in total. The van der Waals surface area contributed by atoms with Gasteiger partial charge >= 0.3 is 5.97 Å². The molecule has 0 aliphatic carbocycles. The second-order valence-corrected chi connectivity index (χ2v) is 7.83. The third kappa shape index (κ3) is 4.90. The van der Waals surface area contributed by atoms with Crippen LogP contribution < -0.4 is 14.8 Å². The number of hydrogen-bond donors (Lipinski definition) is 1. The van der Waals surface area contributed by atoms with Crippen molar-refractivity contribution >= 4 is 11.9 Å². The molecule has 1 N–H and O–H groups in total. The van der Waals surface area contributed by atoms with Gasteiger partial charge in [0.15, 0.2) is 11.5 Å². The molecular formula is C26H30N4O4. The fourth-order valence-electron chi connectivity index (χ4n) is 4.03. The molecule has 0 bridgehead atoms. The first-order valence-corrected chi connectivity index (χ1v) is 11.7. The van der Waals surface area contributed by atoms with Crippen molar-refractivity contribution in [1.29, 1.82) is 0 Å². The summed E-state index contributed by atoms with van der Waals surface area (Å²) in [7, 11) is 0. The van der Waals surface area contributed by atoms with Gasteiger partial charge in [0.1, 0.15) is 19.0 Å². The maximum atomic E-state index is 13.1. The molecule has 0 saturated carbocycles. The number of nitrogens with one attached hydrogen (secondary N) is 1. The van der Waals surface area contributed by atoms with Crippen LogP contribution in [0.25, 0.3) is 0 Å². The lowest BCUT2D eigenvalue weighted by Gasteiger charge is -2.29. The van der Waals surface area contributed by atoms with E-state index in [1.807, 2.05) is 55.5 Å². The highest BCUT2D eigenvalue weighted by atomic mass is 16.5. The molecule has 2 aromatic carbocycles. The van der Waals surface area contributed by atoms with Gasteiger partial charge < -0.3 is 19.5 Å². The molecule has 178 valence electrons. The molecule has 1 aliphatic rings. The summed E-state index contributed by atoms with van der Waals surface area (Å²) in [6.07, 6.45) is 3.03. The van der Waals surface area contributed by atoms with Gasteiger partial charge in [-0.15, -0.1) is 0 Å². The molecule has 8 heteroatoms. The van der Waals surface area contributed by atoms with E-state index in [0.29, 0.717) is 42.7 Å². The summed E-state index contributed by atoms with van der Waals surface area (Å²) in [6, 6.07) is 15.2. The van der Waals surface area contributed by atoms with Crippen LogP contribution in [0.2, 0.25) is 0 Å². The normalized spacial score (nSPS) is 14.9. The van der Waals surface area contributed by atoms with E-state index in [2.05, 4.69) is 22.3 Å². The Balaban J connectivity index is 1.74. The lowest BCUT2D eigenvalue weighted by Crippen LogP contribution is -2.30. The highest BCUT2D eigenvalue weighted by Crippen LogP contribution is 2.40. The molecule has 0 unspecified atom stereocenters. The van der Waals surface area contributed by atoms with Gasteiger partial charge in [-0.25, -0.2) is 9.48 Å². The van der Waals surface area contributed by atoms with E-state index >= 15 is 0 Å². The number of carbonyl (C=O) groups is 1. The summed E-state index contributed by atoms with van der Waals surface area (Å²) in [4.78, 5) is 17.4. The molecule has 0 saturated heterocycles. The maximum Gasteiger partial charge on any atom is 0.338 e. The Morgan fingerprint density at radius 1 is 1.03 bits per heavy atom. The number of fused-ring (bicyclic) bond motifs is 1. The van der Waals surface area contributed by atoms with E-state index in [9.17, 15) is 4.79 Å². The average molecular weight is 463 g/mol. The van der Waals surface area contributed by atoms with Crippen LogP contribution in [0.4, 0.5) is 5.95 Å². The van der Waals surface area contributed by atoms with Crippen LogP contribution in [0.5, 0.6) is 11.5 Å². The van der Waals surface area contributed by atoms with Crippen molar-refractivity contribution in [3.63, 3.8) is 0 Å². The predicted molar refractivity (Wildman–Crippen MR) is 129 cm³/mol. The summed E-state index contributed by atoms with van der Waals surface area (Å²) in [5, 5.41) is 7.67. The third-order valence-corrected chi connectivity index (χ3v) is 5.49. The van der Waals surface area contributed by atoms with Crippen molar-refractivity contribution in [1.82, 2.24) is 14.8 Å². The SMILES string of the molecule is CCCC1=C(C(=O)OCC)[C@H](c2ccc(OCc3ccccc3)c(OCC)c2)n2ncnc2N1. The van der Waals surface area contributed by atoms with Gasteiger partial charge in [-0.05, 0) is 43.5 Å². The molecule has 0 amide bonds. The second-order valence-electron chi connectivity index (χ2n) is 7.83. The molecule has 2 heterocycles. The van der Waals surface area contributed by atoms with Crippen LogP contribution in [-0.4, -0.2) is 33.9 Å². The van der Waals surface area contributed by atoms with E-state index in [1.165, 1.54) is 6.33 Å². The first-order valence-electron chi connectivity index (χ1n) is 11.7. The zero-order valence-electron chi connectivity index (χ0n) is 19.8. The monoisotopic (exact) mass is 462 g/mol. The number of benzene rings is 2. The number of rotatable bonds is 10. The number of nitrogens with zero attached hydrogens (tertiary/aromatic N) is 3. The highest BCUT2D eigenvalue weighted by molar-refractivity contribution is 5.92. The number of hydrogen-bond acceptors (Lipinski definition) is 7. The van der Waals surface area contributed by atoms with Gasteiger partial charge in [0, 0.05) is 5.70 Å². The second kappa shape index (κ2) is 10.9. The van der Waals surface area contributed by atoms with Gasteiger partial charge in [-0.3, -0.25) is 0 Å². The number of allylic oxidation sites excluding steroid dienone is 1. The average Bonchev–Trinajstić information content (AvgIpc) is 3.32. The fraction of sp³-hybridized carbons (Fsp3) is 0.346. The number of anilines is 1. The Hall–Kier alpha value is -3.81. The minimum Gasteiger partial charge on any atom is -0.490 e. The summed E-state index contributed by atoms with van der Waals surface area (Å²) in [6.45, 7) is 6.99. The Kier molecular flexibility index (Phi) is 7.47. The topological polar surface area (TPSA) is 87.5 Å². The summed E-state index contributed by atoms with van der Waals surface area (Å²) in [5.74, 6) is 1.46. The smallest absolute Gasteiger partial charge is 0.338 e. The van der Waals surface area contributed by atoms with Crippen LogP contribution in [0.15, 0.2) is 66.1 Å². The number of esters is 1. The molecule has 1 aliphatic heterocycles. The number of ether oxygens (including phenoxy) is 3. The van der Waals surface area contributed by atoms with E-state index in [4.69, 9.17) is 14.2 Å². The van der Waals surface area contributed by atoms with Crippen LogP contribution in [0.3, 0.4) is 0 Å². The maximum absolute atomic E-state index is 13.1. The van der Waals surface area contributed by atoms with Crippen molar-refractivity contribution in [3.8, 4) is 11.5 Å². The van der Waals surface area contributed by atoms with Crippen molar-refractivity contribution in [2.45, 2.75) is 46.3 Å². The quantitative estimate of drug-likeness (QED) is 0.429. The van der Waals surface area contributed by atoms with E-state index in [-0.39, 0.29) is 12.6 Å². The highest BCUT2D eigenvalue weighted by Gasteiger charge is 2.35. The van der Waals surface area contributed by atoms with Crippen LogP contribution >= 0.6 is 0 Å². The van der Waals surface area contributed by atoms with Gasteiger partial charge in [0.2, 0.25) is 5.95 Å². The van der Waals surface area contributed by atoms with Crippen molar-refractivity contribution in [2.24, 2.45) is 0 Å². The van der Waals surface area contributed by atoms with Crippen molar-refractivity contribution < 1.29 is 19.0 Å². The van der Waals surface area contributed by atoms with E-state index in [0.717, 1.165) is 23.2 Å². The Labute approximate surface area is 199 Å². The minimum absolute atomic E-state index is 0.287. The molecule has 0 fully saturated rings. The zero-order valence-corrected chi connectivity index (χ0v) is 19.8. The molecule has 1 aromatic heterocycles. The Morgan fingerprint density at radius 3 is 2.59 bits per heavy atom.